The Morgan fingerprint density at radius 1 is 1.50 bits per heavy atom. The van der Waals surface area contributed by atoms with Crippen molar-refractivity contribution < 1.29 is 4.79 Å². The zero-order chi connectivity index (χ0) is 14.5. The van der Waals surface area contributed by atoms with Gasteiger partial charge in [0.1, 0.15) is 0 Å². The van der Waals surface area contributed by atoms with Crippen LogP contribution in [0.25, 0.3) is 0 Å². The Kier molecular flexibility index (Phi) is 4.89. The first-order valence-electron chi connectivity index (χ1n) is 6.67. The van der Waals surface area contributed by atoms with Crippen LogP contribution in [0, 0.1) is 6.92 Å². The average Bonchev–Trinajstić information content (AvgIpc) is 2.98. The van der Waals surface area contributed by atoms with Gasteiger partial charge in [-0.15, -0.1) is 11.3 Å². The Bertz CT molecular complexity index is 575. The van der Waals surface area contributed by atoms with Gasteiger partial charge in [-0.3, -0.25) is 9.48 Å². The number of amides is 1. The summed E-state index contributed by atoms with van der Waals surface area (Å²) in [5.74, 6) is 0.126. The fourth-order valence-electron chi connectivity index (χ4n) is 2.03. The van der Waals surface area contributed by atoms with Crippen molar-refractivity contribution >= 4 is 17.2 Å². The molecule has 0 saturated carbocycles. The summed E-state index contributed by atoms with van der Waals surface area (Å²) in [6.45, 7) is 2.72. The van der Waals surface area contributed by atoms with E-state index in [1.165, 1.54) is 5.56 Å². The van der Waals surface area contributed by atoms with Gasteiger partial charge in [0.2, 0.25) is 5.91 Å². The first-order valence-corrected chi connectivity index (χ1v) is 7.55. The Balaban J connectivity index is 1.73. The van der Waals surface area contributed by atoms with E-state index in [0.717, 1.165) is 30.1 Å². The van der Waals surface area contributed by atoms with Gasteiger partial charge in [-0.25, -0.2) is 4.98 Å². The molecule has 1 amide bonds. The van der Waals surface area contributed by atoms with E-state index in [-0.39, 0.29) is 5.91 Å². The van der Waals surface area contributed by atoms with Crippen molar-refractivity contribution in [2.75, 3.05) is 13.6 Å². The van der Waals surface area contributed by atoms with Crippen molar-refractivity contribution in [3.8, 4) is 0 Å². The van der Waals surface area contributed by atoms with E-state index in [2.05, 4.69) is 10.1 Å². The third-order valence-electron chi connectivity index (χ3n) is 3.14. The summed E-state index contributed by atoms with van der Waals surface area (Å²) in [4.78, 5) is 18.1. The molecule has 0 spiro atoms. The van der Waals surface area contributed by atoms with E-state index < -0.39 is 0 Å². The molecule has 0 fully saturated rings. The van der Waals surface area contributed by atoms with Gasteiger partial charge in [0.05, 0.1) is 23.3 Å². The number of carbonyl (C=O) groups is 1. The van der Waals surface area contributed by atoms with E-state index in [9.17, 15) is 4.79 Å². The number of hydrogen-bond acceptors (Lipinski definition) is 4. The van der Waals surface area contributed by atoms with Crippen LogP contribution in [0.4, 0.5) is 0 Å². The minimum Gasteiger partial charge on any atom is -0.345 e. The van der Waals surface area contributed by atoms with Gasteiger partial charge >= 0.3 is 0 Å². The first kappa shape index (κ1) is 14.7. The van der Waals surface area contributed by atoms with Crippen LogP contribution in [0.15, 0.2) is 17.8 Å². The quantitative estimate of drug-likeness (QED) is 0.816. The summed E-state index contributed by atoms with van der Waals surface area (Å²) >= 11 is 1.58. The first-order chi connectivity index (χ1) is 9.54. The lowest BCUT2D eigenvalue weighted by atomic mass is 10.2. The zero-order valence-corrected chi connectivity index (χ0v) is 13.0. The van der Waals surface area contributed by atoms with Crippen LogP contribution in [-0.4, -0.2) is 39.2 Å². The normalized spacial score (nSPS) is 10.8. The number of rotatable bonds is 6. The highest BCUT2D eigenvalue weighted by molar-refractivity contribution is 7.09. The van der Waals surface area contributed by atoms with Gasteiger partial charge in [-0.1, -0.05) is 0 Å². The Morgan fingerprint density at radius 3 is 2.90 bits per heavy atom. The van der Waals surface area contributed by atoms with Gasteiger partial charge < -0.3 is 4.90 Å². The van der Waals surface area contributed by atoms with Crippen molar-refractivity contribution in [1.29, 1.82) is 0 Å². The van der Waals surface area contributed by atoms with Crippen molar-refractivity contribution in [3.63, 3.8) is 0 Å². The van der Waals surface area contributed by atoms with Gasteiger partial charge in [0.25, 0.3) is 0 Å². The fourth-order valence-corrected chi connectivity index (χ4v) is 2.64. The molecule has 5 nitrogen and oxygen atoms in total. The highest BCUT2D eigenvalue weighted by Crippen LogP contribution is 2.09. The molecule has 2 aromatic heterocycles. The molecular formula is C14H20N4OS. The molecule has 0 aliphatic carbocycles. The van der Waals surface area contributed by atoms with Gasteiger partial charge in [-0.2, -0.15) is 5.10 Å². The van der Waals surface area contributed by atoms with E-state index in [0.29, 0.717) is 6.42 Å². The molecule has 0 radical (unpaired) electrons. The second-order valence-electron chi connectivity index (χ2n) is 4.98. The molecule has 0 unspecified atom stereocenters. The summed E-state index contributed by atoms with van der Waals surface area (Å²) in [5, 5.41) is 7.10. The maximum atomic E-state index is 12.0. The van der Waals surface area contributed by atoms with Crippen LogP contribution in [0.3, 0.4) is 0 Å². The standard InChI is InChI=1S/C14H20N4OS/c1-11-16-13(10-20-11)7-14(19)17(2)6-4-5-12-8-15-18(3)9-12/h8-10H,4-7H2,1-3H3. The van der Waals surface area contributed by atoms with Crippen molar-refractivity contribution in [3.05, 3.63) is 34.0 Å². The number of thiazole rings is 1. The lowest BCUT2D eigenvalue weighted by Gasteiger charge is -2.16. The third kappa shape index (κ3) is 4.16. The van der Waals surface area contributed by atoms with E-state index in [4.69, 9.17) is 0 Å². The number of carbonyl (C=O) groups excluding carboxylic acids is 1. The lowest BCUT2D eigenvalue weighted by molar-refractivity contribution is -0.129. The average molecular weight is 292 g/mol. The van der Waals surface area contributed by atoms with Crippen LogP contribution in [-0.2, 0) is 24.7 Å². The maximum absolute atomic E-state index is 12.0. The Hall–Kier alpha value is -1.69. The summed E-state index contributed by atoms with van der Waals surface area (Å²) in [6.07, 6.45) is 6.18. The maximum Gasteiger partial charge on any atom is 0.228 e. The van der Waals surface area contributed by atoms with E-state index in [1.807, 2.05) is 38.8 Å². The summed E-state index contributed by atoms with van der Waals surface area (Å²) in [5.41, 5.74) is 2.08. The van der Waals surface area contributed by atoms with Crippen LogP contribution < -0.4 is 0 Å². The van der Waals surface area contributed by atoms with Crippen LogP contribution >= 0.6 is 11.3 Å². The van der Waals surface area contributed by atoms with Crippen molar-refractivity contribution in [2.45, 2.75) is 26.2 Å². The number of hydrogen-bond donors (Lipinski definition) is 0. The molecule has 0 N–H and O–H groups in total. The molecule has 6 heteroatoms. The fraction of sp³-hybridized carbons (Fsp3) is 0.500. The molecule has 2 rings (SSSR count). The molecule has 0 aliphatic heterocycles. The van der Waals surface area contributed by atoms with Crippen molar-refractivity contribution in [2.24, 2.45) is 7.05 Å². The van der Waals surface area contributed by atoms with Crippen molar-refractivity contribution in [1.82, 2.24) is 19.7 Å². The Morgan fingerprint density at radius 2 is 2.30 bits per heavy atom. The number of aromatic nitrogens is 3. The van der Waals surface area contributed by atoms with E-state index >= 15 is 0 Å². The number of nitrogens with zero attached hydrogens (tertiary/aromatic N) is 4. The Labute approximate surface area is 123 Å². The summed E-state index contributed by atoms with van der Waals surface area (Å²) in [6, 6.07) is 0. The molecule has 0 atom stereocenters. The van der Waals surface area contributed by atoms with Gasteiger partial charge in [-0.05, 0) is 25.3 Å². The molecule has 0 saturated heterocycles. The second-order valence-corrected chi connectivity index (χ2v) is 6.04. The number of aryl methyl sites for hydroxylation is 3. The molecule has 108 valence electrons. The molecular weight excluding hydrogens is 272 g/mol. The molecule has 0 aliphatic rings. The smallest absolute Gasteiger partial charge is 0.228 e. The molecule has 0 bridgehead atoms. The minimum absolute atomic E-state index is 0.126. The predicted molar refractivity (Wildman–Crippen MR) is 79.7 cm³/mol. The zero-order valence-electron chi connectivity index (χ0n) is 12.2. The summed E-state index contributed by atoms with van der Waals surface area (Å²) in [7, 11) is 3.76. The van der Waals surface area contributed by atoms with Crippen LogP contribution in [0.5, 0.6) is 0 Å². The monoisotopic (exact) mass is 292 g/mol. The molecule has 0 aromatic carbocycles. The highest BCUT2D eigenvalue weighted by atomic mass is 32.1. The molecule has 20 heavy (non-hydrogen) atoms. The van der Waals surface area contributed by atoms with Crippen LogP contribution in [0.1, 0.15) is 22.7 Å². The van der Waals surface area contributed by atoms with E-state index in [1.54, 1.807) is 20.9 Å². The lowest BCUT2D eigenvalue weighted by Crippen LogP contribution is -2.29. The van der Waals surface area contributed by atoms with Gasteiger partial charge in [0.15, 0.2) is 0 Å². The minimum atomic E-state index is 0.126. The molecule has 2 aromatic rings. The molecule has 2 heterocycles. The highest BCUT2D eigenvalue weighted by Gasteiger charge is 2.11. The van der Waals surface area contributed by atoms with Gasteiger partial charge in [0, 0.05) is 32.2 Å². The largest absolute Gasteiger partial charge is 0.345 e. The predicted octanol–water partition coefficient (Wildman–Crippen LogP) is 1.82. The summed E-state index contributed by atoms with van der Waals surface area (Å²) < 4.78 is 1.80. The SMILES string of the molecule is Cc1nc(CC(=O)N(C)CCCc2cnn(C)c2)cs1. The topological polar surface area (TPSA) is 51.0 Å². The van der Waals surface area contributed by atoms with Crippen LogP contribution in [0.2, 0.25) is 0 Å². The third-order valence-corrected chi connectivity index (χ3v) is 3.96. The second kappa shape index (κ2) is 6.65. The number of likely N-dealkylation sites (N-methyl/N-ethyl adjacent to an activating group) is 1.